The normalized spacial score (nSPS) is 22.2. The highest BCUT2D eigenvalue weighted by Gasteiger charge is 2.41. The Morgan fingerprint density at radius 1 is 1.28 bits per heavy atom. The second kappa shape index (κ2) is 9.47. The molecule has 1 aromatic rings. The molecule has 0 radical (unpaired) electrons. The fourth-order valence-corrected chi connectivity index (χ4v) is 3.79. The SMILES string of the molecule is CN=C(C(C#N)C#N)C1(CN2CCOCC2)C=C(Cc2ccc(OC)cc2)C=N1. The number of benzene rings is 1. The minimum absolute atomic E-state index is 0.495. The average Bonchev–Trinajstić information content (AvgIpc) is 3.16. The van der Waals surface area contributed by atoms with Gasteiger partial charge < -0.3 is 9.47 Å². The third-order valence-electron chi connectivity index (χ3n) is 5.24. The monoisotopic (exact) mass is 391 g/mol. The van der Waals surface area contributed by atoms with E-state index in [0.717, 1.165) is 30.0 Å². The molecular weight excluding hydrogens is 366 g/mol. The van der Waals surface area contributed by atoms with Crippen LogP contribution in [0.5, 0.6) is 5.75 Å². The van der Waals surface area contributed by atoms with Gasteiger partial charge in [-0.1, -0.05) is 12.1 Å². The van der Waals surface area contributed by atoms with Crippen LogP contribution < -0.4 is 4.74 Å². The van der Waals surface area contributed by atoms with Crippen molar-refractivity contribution in [1.29, 1.82) is 10.5 Å². The van der Waals surface area contributed by atoms with E-state index in [0.29, 0.717) is 31.9 Å². The Bertz CT molecular complexity index is 871. The molecule has 2 aliphatic rings. The summed E-state index contributed by atoms with van der Waals surface area (Å²) in [6, 6.07) is 12.1. The Hall–Kier alpha value is -3.00. The van der Waals surface area contributed by atoms with Crippen molar-refractivity contribution in [2.75, 3.05) is 47.0 Å². The first kappa shape index (κ1) is 20.7. The molecule has 1 fully saturated rings. The van der Waals surface area contributed by atoms with Gasteiger partial charge in [-0.15, -0.1) is 0 Å². The molecule has 29 heavy (non-hydrogen) atoms. The van der Waals surface area contributed by atoms with Gasteiger partial charge in [-0.2, -0.15) is 10.5 Å². The molecule has 1 aromatic carbocycles. The van der Waals surface area contributed by atoms with Crippen LogP contribution in [0, 0.1) is 28.6 Å². The molecule has 150 valence electrons. The van der Waals surface area contributed by atoms with E-state index in [1.807, 2.05) is 30.5 Å². The molecule has 0 bridgehead atoms. The quantitative estimate of drug-likeness (QED) is 0.663. The van der Waals surface area contributed by atoms with Crippen molar-refractivity contribution in [2.45, 2.75) is 12.0 Å². The zero-order chi connectivity index (χ0) is 20.7. The van der Waals surface area contributed by atoms with E-state index in [1.165, 1.54) is 0 Å². The molecule has 3 rings (SSSR count). The lowest BCUT2D eigenvalue weighted by Gasteiger charge is -2.35. The standard InChI is InChI=1S/C22H25N5O2/c1-25-21(19(13-23)14-24)22(16-27-7-9-29-10-8-27)12-18(15-26-22)11-17-3-5-20(28-2)6-4-17/h3-6,12,15,19H,7-11,16H2,1-2H3. The van der Waals surface area contributed by atoms with Crippen LogP contribution in [0.25, 0.3) is 0 Å². The molecular formula is C22H25N5O2. The van der Waals surface area contributed by atoms with Crippen LogP contribution in [0.1, 0.15) is 5.56 Å². The maximum absolute atomic E-state index is 9.49. The summed E-state index contributed by atoms with van der Waals surface area (Å²) in [6.45, 7) is 3.49. The van der Waals surface area contributed by atoms with Gasteiger partial charge in [0.25, 0.3) is 0 Å². The minimum atomic E-state index is -0.935. The van der Waals surface area contributed by atoms with Crippen LogP contribution >= 0.6 is 0 Å². The van der Waals surface area contributed by atoms with Crippen molar-refractivity contribution in [2.24, 2.45) is 15.9 Å². The highest BCUT2D eigenvalue weighted by Crippen LogP contribution is 2.29. The van der Waals surface area contributed by atoms with E-state index in [2.05, 4.69) is 28.1 Å². The smallest absolute Gasteiger partial charge is 0.173 e. The van der Waals surface area contributed by atoms with Crippen LogP contribution in [0.2, 0.25) is 0 Å². The van der Waals surface area contributed by atoms with Crippen molar-refractivity contribution >= 4 is 11.9 Å². The molecule has 0 saturated carbocycles. The number of hydrogen-bond donors (Lipinski definition) is 0. The summed E-state index contributed by atoms with van der Waals surface area (Å²) < 4.78 is 10.7. The summed E-state index contributed by atoms with van der Waals surface area (Å²) in [4.78, 5) is 11.4. The largest absolute Gasteiger partial charge is 0.497 e. The number of rotatable bonds is 7. The zero-order valence-corrected chi connectivity index (χ0v) is 16.8. The Labute approximate surface area is 171 Å². The minimum Gasteiger partial charge on any atom is -0.497 e. The second-order valence-corrected chi connectivity index (χ2v) is 7.12. The van der Waals surface area contributed by atoms with Gasteiger partial charge in [0.1, 0.15) is 11.3 Å². The molecule has 0 amide bonds. The summed E-state index contributed by atoms with van der Waals surface area (Å²) >= 11 is 0. The molecule has 0 spiro atoms. The van der Waals surface area contributed by atoms with E-state index < -0.39 is 11.5 Å². The maximum Gasteiger partial charge on any atom is 0.173 e. The molecule has 1 unspecified atom stereocenters. The summed E-state index contributed by atoms with van der Waals surface area (Å²) in [5.41, 5.74) is 1.87. The van der Waals surface area contributed by atoms with Gasteiger partial charge in [0, 0.05) is 32.9 Å². The number of methoxy groups -OCH3 is 1. The van der Waals surface area contributed by atoms with Gasteiger partial charge in [-0.05, 0) is 35.8 Å². The van der Waals surface area contributed by atoms with E-state index in [-0.39, 0.29) is 0 Å². The molecule has 7 heteroatoms. The maximum atomic E-state index is 9.49. The fourth-order valence-electron chi connectivity index (χ4n) is 3.79. The molecule has 7 nitrogen and oxygen atoms in total. The second-order valence-electron chi connectivity index (χ2n) is 7.12. The third kappa shape index (κ3) is 4.71. The van der Waals surface area contributed by atoms with Crippen LogP contribution in [0.15, 0.2) is 45.9 Å². The van der Waals surface area contributed by atoms with Gasteiger partial charge in [-0.25, -0.2) is 0 Å². The summed E-state index contributed by atoms with van der Waals surface area (Å²) in [5, 5.41) is 19.0. The van der Waals surface area contributed by atoms with Gasteiger partial charge in [-0.3, -0.25) is 14.9 Å². The lowest BCUT2D eigenvalue weighted by molar-refractivity contribution is 0.0347. The number of nitriles is 2. The highest BCUT2D eigenvalue weighted by atomic mass is 16.5. The van der Waals surface area contributed by atoms with Crippen LogP contribution in [-0.2, 0) is 11.2 Å². The lowest BCUT2D eigenvalue weighted by Crippen LogP contribution is -2.50. The molecule has 1 atom stereocenters. The zero-order valence-electron chi connectivity index (χ0n) is 16.8. The Morgan fingerprint density at radius 2 is 1.97 bits per heavy atom. The molecule has 0 aromatic heterocycles. The van der Waals surface area contributed by atoms with Crippen molar-refractivity contribution in [3.05, 3.63) is 41.5 Å². The number of nitrogens with zero attached hydrogens (tertiary/aromatic N) is 5. The summed E-state index contributed by atoms with van der Waals surface area (Å²) in [5.74, 6) is -0.120. The Morgan fingerprint density at radius 3 is 2.55 bits per heavy atom. The van der Waals surface area contributed by atoms with Crippen molar-refractivity contribution in [3.8, 4) is 17.9 Å². The Balaban J connectivity index is 1.89. The molecule has 0 N–H and O–H groups in total. The number of hydrogen-bond acceptors (Lipinski definition) is 7. The number of aliphatic imine (C=N–C) groups is 2. The molecule has 2 aliphatic heterocycles. The van der Waals surface area contributed by atoms with E-state index in [1.54, 1.807) is 14.2 Å². The van der Waals surface area contributed by atoms with Gasteiger partial charge in [0.15, 0.2) is 5.92 Å². The van der Waals surface area contributed by atoms with Gasteiger partial charge in [0.2, 0.25) is 0 Å². The predicted octanol–water partition coefficient (Wildman–Crippen LogP) is 2.05. The fraction of sp³-hybridized carbons (Fsp3) is 0.455. The van der Waals surface area contributed by atoms with Crippen molar-refractivity contribution < 1.29 is 9.47 Å². The van der Waals surface area contributed by atoms with Crippen LogP contribution in [-0.4, -0.2) is 69.4 Å². The first-order valence-corrected chi connectivity index (χ1v) is 9.60. The molecule has 1 saturated heterocycles. The predicted molar refractivity (Wildman–Crippen MR) is 111 cm³/mol. The van der Waals surface area contributed by atoms with Gasteiger partial charge >= 0.3 is 0 Å². The van der Waals surface area contributed by atoms with E-state index >= 15 is 0 Å². The van der Waals surface area contributed by atoms with E-state index in [9.17, 15) is 10.5 Å². The molecule has 0 aliphatic carbocycles. The Kier molecular flexibility index (Phi) is 6.77. The lowest BCUT2D eigenvalue weighted by atomic mass is 9.84. The van der Waals surface area contributed by atoms with Crippen molar-refractivity contribution in [3.63, 3.8) is 0 Å². The highest BCUT2D eigenvalue weighted by molar-refractivity contribution is 6.05. The summed E-state index contributed by atoms with van der Waals surface area (Å²) in [7, 11) is 3.27. The van der Waals surface area contributed by atoms with Crippen LogP contribution in [0.3, 0.4) is 0 Å². The number of allylic oxidation sites excluding steroid dienone is 1. The number of morpholine rings is 1. The average molecular weight is 391 g/mol. The summed E-state index contributed by atoms with van der Waals surface area (Å²) in [6.07, 6.45) is 4.62. The van der Waals surface area contributed by atoms with Crippen molar-refractivity contribution in [1.82, 2.24) is 4.90 Å². The first-order valence-electron chi connectivity index (χ1n) is 9.60. The molecule has 2 heterocycles. The van der Waals surface area contributed by atoms with E-state index in [4.69, 9.17) is 14.5 Å². The first-order chi connectivity index (χ1) is 14.1. The third-order valence-corrected chi connectivity index (χ3v) is 5.24. The van der Waals surface area contributed by atoms with Crippen LogP contribution in [0.4, 0.5) is 0 Å². The topological polar surface area (TPSA) is 94.0 Å². The number of ether oxygens (including phenoxy) is 2. The van der Waals surface area contributed by atoms with Gasteiger partial charge in [0.05, 0.1) is 38.2 Å².